The Balaban J connectivity index is 2.14. The van der Waals surface area contributed by atoms with Crippen LogP contribution < -0.4 is 14.9 Å². The molecule has 0 heterocycles. The van der Waals surface area contributed by atoms with Crippen LogP contribution in [-0.2, 0) is 4.79 Å². The highest BCUT2D eigenvalue weighted by Gasteiger charge is 2.11. The number of carbonyl (C=O) groups excluding carboxylic acids is 1. The van der Waals surface area contributed by atoms with Crippen LogP contribution in [0.1, 0.15) is 28.4 Å². The van der Waals surface area contributed by atoms with Gasteiger partial charge in [-0.1, -0.05) is 18.2 Å². The lowest BCUT2D eigenvalue weighted by Crippen LogP contribution is -2.20. The molecular formula is C19H20N2O5. The molecule has 0 bridgehead atoms. The average molecular weight is 356 g/mol. The second-order valence-corrected chi connectivity index (χ2v) is 5.50. The van der Waals surface area contributed by atoms with Crippen molar-refractivity contribution in [3.05, 3.63) is 59.2 Å². The van der Waals surface area contributed by atoms with Crippen molar-refractivity contribution in [3.63, 3.8) is 0 Å². The third-order valence-corrected chi connectivity index (χ3v) is 3.65. The Morgan fingerprint density at radius 1 is 1.15 bits per heavy atom. The van der Waals surface area contributed by atoms with Gasteiger partial charge in [0, 0.05) is 11.1 Å². The molecule has 0 unspecified atom stereocenters. The average Bonchev–Trinajstić information content (AvgIpc) is 2.64. The number of benzene rings is 2. The van der Waals surface area contributed by atoms with Crippen molar-refractivity contribution < 1.29 is 24.2 Å². The maximum atomic E-state index is 12.2. The molecule has 0 aliphatic carbocycles. The fraction of sp³-hybridized carbons (Fsp3) is 0.211. The Hall–Kier alpha value is -3.35. The van der Waals surface area contributed by atoms with Crippen LogP contribution in [0, 0.1) is 6.92 Å². The number of carboxylic acid groups (broad SMARTS) is 1. The summed E-state index contributed by atoms with van der Waals surface area (Å²) in [6.45, 7) is 3.13. The second kappa shape index (κ2) is 8.66. The summed E-state index contributed by atoms with van der Waals surface area (Å²) in [6.07, 6.45) is 0. The van der Waals surface area contributed by atoms with Crippen LogP contribution in [0.5, 0.6) is 11.5 Å². The van der Waals surface area contributed by atoms with Gasteiger partial charge in [-0.15, -0.1) is 0 Å². The van der Waals surface area contributed by atoms with Crippen LogP contribution in [0.4, 0.5) is 0 Å². The Labute approximate surface area is 151 Å². The Morgan fingerprint density at radius 2 is 1.88 bits per heavy atom. The topological polar surface area (TPSA) is 97.2 Å². The first-order valence-electron chi connectivity index (χ1n) is 7.85. The molecule has 0 saturated carbocycles. The minimum Gasteiger partial charge on any atom is -0.493 e. The van der Waals surface area contributed by atoms with Crippen molar-refractivity contribution in [3.8, 4) is 11.5 Å². The van der Waals surface area contributed by atoms with E-state index in [1.807, 2.05) is 19.1 Å². The molecule has 0 aliphatic rings. The summed E-state index contributed by atoms with van der Waals surface area (Å²) in [7, 11) is 1.46. The summed E-state index contributed by atoms with van der Waals surface area (Å²) in [6, 6.07) is 12.2. The molecule has 0 aliphatic heterocycles. The first kappa shape index (κ1) is 19.0. The molecule has 1 amide bonds. The van der Waals surface area contributed by atoms with Crippen LogP contribution in [-0.4, -0.2) is 36.4 Å². The molecule has 26 heavy (non-hydrogen) atoms. The van der Waals surface area contributed by atoms with Gasteiger partial charge in [0.1, 0.15) is 0 Å². The van der Waals surface area contributed by atoms with Gasteiger partial charge in [-0.05, 0) is 43.7 Å². The summed E-state index contributed by atoms with van der Waals surface area (Å²) in [4.78, 5) is 22.8. The number of aliphatic carboxylic acids is 1. The molecule has 0 fully saturated rings. The van der Waals surface area contributed by atoms with E-state index in [-0.39, 0.29) is 5.91 Å². The van der Waals surface area contributed by atoms with Crippen molar-refractivity contribution >= 4 is 17.6 Å². The molecule has 2 aromatic carbocycles. The number of ether oxygens (including phenoxy) is 2. The number of hydrogen-bond acceptors (Lipinski definition) is 5. The monoisotopic (exact) mass is 356 g/mol. The Kier molecular flexibility index (Phi) is 6.32. The predicted molar refractivity (Wildman–Crippen MR) is 97.0 cm³/mol. The van der Waals surface area contributed by atoms with E-state index >= 15 is 0 Å². The second-order valence-electron chi connectivity index (χ2n) is 5.50. The summed E-state index contributed by atoms with van der Waals surface area (Å²) in [5.74, 6) is -0.678. The van der Waals surface area contributed by atoms with Gasteiger partial charge in [0.2, 0.25) is 0 Å². The van der Waals surface area contributed by atoms with Gasteiger partial charge in [-0.2, -0.15) is 5.10 Å². The predicted octanol–water partition coefficient (Wildman–Crippen LogP) is 2.62. The highest BCUT2D eigenvalue weighted by molar-refractivity contribution is 6.01. The minimum atomic E-state index is -1.08. The van der Waals surface area contributed by atoms with Gasteiger partial charge in [0.25, 0.3) is 5.91 Å². The summed E-state index contributed by atoms with van der Waals surface area (Å²) >= 11 is 0. The lowest BCUT2D eigenvalue weighted by molar-refractivity contribution is -0.139. The highest BCUT2D eigenvalue weighted by atomic mass is 16.5. The molecule has 2 N–H and O–H groups in total. The molecule has 0 aromatic heterocycles. The summed E-state index contributed by atoms with van der Waals surface area (Å²) in [5.41, 5.74) is 5.21. The molecule has 136 valence electrons. The SMILES string of the molecule is COc1cc(/C(C)=N\NC(=O)c2ccccc2C)ccc1OCC(=O)O. The molecule has 0 saturated heterocycles. The maximum Gasteiger partial charge on any atom is 0.341 e. The van der Waals surface area contributed by atoms with Crippen LogP contribution in [0.25, 0.3) is 0 Å². The zero-order valence-corrected chi connectivity index (χ0v) is 14.8. The van der Waals surface area contributed by atoms with E-state index in [0.29, 0.717) is 28.3 Å². The summed E-state index contributed by atoms with van der Waals surface area (Å²) in [5, 5.41) is 12.8. The summed E-state index contributed by atoms with van der Waals surface area (Å²) < 4.78 is 10.4. The van der Waals surface area contributed by atoms with Crippen molar-refractivity contribution in [2.45, 2.75) is 13.8 Å². The minimum absolute atomic E-state index is 0.296. The number of hydrogen-bond donors (Lipinski definition) is 2. The van der Waals surface area contributed by atoms with Gasteiger partial charge in [0.05, 0.1) is 12.8 Å². The van der Waals surface area contributed by atoms with E-state index in [0.717, 1.165) is 5.56 Å². The number of aryl methyl sites for hydroxylation is 1. The normalized spacial score (nSPS) is 11.0. The van der Waals surface area contributed by atoms with E-state index in [1.165, 1.54) is 7.11 Å². The molecule has 0 radical (unpaired) electrons. The van der Waals surface area contributed by atoms with Crippen LogP contribution in [0.3, 0.4) is 0 Å². The fourth-order valence-corrected chi connectivity index (χ4v) is 2.24. The Bertz CT molecular complexity index is 846. The number of rotatable bonds is 7. The molecule has 0 atom stereocenters. The third kappa shape index (κ3) is 4.83. The lowest BCUT2D eigenvalue weighted by Gasteiger charge is -2.11. The van der Waals surface area contributed by atoms with Gasteiger partial charge in [-0.25, -0.2) is 10.2 Å². The van der Waals surface area contributed by atoms with Crippen molar-refractivity contribution in [1.29, 1.82) is 0 Å². The smallest absolute Gasteiger partial charge is 0.341 e. The molecule has 2 rings (SSSR count). The quantitative estimate of drug-likeness (QED) is 0.587. The molecular weight excluding hydrogens is 336 g/mol. The largest absolute Gasteiger partial charge is 0.493 e. The van der Waals surface area contributed by atoms with Crippen molar-refractivity contribution in [1.82, 2.24) is 5.43 Å². The highest BCUT2D eigenvalue weighted by Crippen LogP contribution is 2.28. The number of nitrogens with zero attached hydrogens (tertiary/aromatic N) is 1. The zero-order chi connectivity index (χ0) is 19.1. The van der Waals surface area contributed by atoms with Crippen molar-refractivity contribution in [2.75, 3.05) is 13.7 Å². The number of hydrazone groups is 1. The zero-order valence-electron chi connectivity index (χ0n) is 14.8. The number of methoxy groups -OCH3 is 1. The number of carboxylic acids is 1. The maximum absolute atomic E-state index is 12.2. The van der Waals surface area contributed by atoms with Crippen LogP contribution in [0.15, 0.2) is 47.6 Å². The van der Waals surface area contributed by atoms with E-state index in [1.54, 1.807) is 37.3 Å². The fourth-order valence-electron chi connectivity index (χ4n) is 2.24. The van der Waals surface area contributed by atoms with Crippen molar-refractivity contribution in [2.24, 2.45) is 5.10 Å². The number of carbonyl (C=O) groups is 2. The Morgan fingerprint density at radius 3 is 2.54 bits per heavy atom. The third-order valence-electron chi connectivity index (χ3n) is 3.65. The van der Waals surface area contributed by atoms with Gasteiger partial charge in [0.15, 0.2) is 18.1 Å². The molecule has 7 nitrogen and oxygen atoms in total. The van der Waals surface area contributed by atoms with Gasteiger partial charge < -0.3 is 14.6 Å². The van der Waals surface area contributed by atoms with Gasteiger partial charge >= 0.3 is 5.97 Å². The van der Waals surface area contributed by atoms with E-state index in [2.05, 4.69) is 10.5 Å². The van der Waals surface area contributed by atoms with E-state index in [9.17, 15) is 9.59 Å². The molecule has 2 aromatic rings. The van der Waals surface area contributed by atoms with E-state index < -0.39 is 12.6 Å². The van der Waals surface area contributed by atoms with E-state index in [4.69, 9.17) is 14.6 Å². The van der Waals surface area contributed by atoms with Crippen LogP contribution >= 0.6 is 0 Å². The number of nitrogens with one attached hydrogen (secondary N) is 1. The lowest BCUT2D eigenvalue weighted by atomic mass is 10.1. The van der Waals surface area contributed by atoms with Gasteiger partial charge in [-0.3, -0.25) is 4.79 Å². The first-order chi connectivity index (χ1) is 12.4. The standard InChI is InChI=1S/C19H20N2O5/c1-12-6-4-5-7-15(12)19(24)21-20-13(2)14-8-9-16(17(10-14)25-3)26-11-18(22)23/h4-10H,11H2,1-3H3,(H,21,24)(H,22,23)/b20-13-. The number of amides is 1. The molecule has 7 heteroatoms. The first-order valence-corrected chi connectivity index (χ1v) is 7.85. The molecule has 0 spiro atoms. The van der Waals surface area contributed by atoms with Crippen LogP contribution in [0.2, 0.25) is 0 Å².